The van der Waals surface area contributed by atoms with E-state index in [1.165, 1.54) is 15.6 Å². The Morgan fingerprint density at radius 3 is 2.71 bits per heavy atom. The summed E-state index contributed by atoms with van der Waals surface area (Å²) in [5.74, 6) is 0.659. The number of piperidine rings is 1. The number of aromatic nitrogens is 5. The second-order valence-corrected chi connectivity index (χ2v) is 8.52. The lowest BCUT2D eigenvalue weighted by Crippen LogP contribution is -2.43. The molecule has 2 aromatic heterocycles. The van der Waals surface area contributed by atoms with Crippen LogP contribution in [0.2, 0.25) is 0 Å². The number of likely N-dealkylation sites (tertiary alicyclic amines) is 1. The van der Waals surface area contributed by atoms with E-state index >= 15 is 0 Å². The van der Waals surface area contributed by atoms with Crippen molar-refractivity contribution in [3.05, 3.63) is 44.2 Å². The summed E-state index contributed by atoms with van der Waals surface area (Å²) in [6.07, 6.45) is 5.12. The number of methoxy groups -OCH3 is 1. The first-order valence-electron chi connectivity index (χ1n) is 10.9. The second kappa shape index (κ2) is 8.78. The van der Waals surface area contributed by atoms with Crippen LogP contribution < -0.4 is 11.2 Å². The van der Waals surface area contributed by atoms with E-state index in [2.05, 4.69) is 10.1 Å². The minimum atomic E-state index is -0.186. The molecule has 1 saturated carbocycles. The molecule has 1 aliphatic heterocycles. The van der Waals surface area contributed by atoms with Gasteiger partial charge in [-0.1, -0.05) is 0 Å². The van der Waals surface area contributed by atoms with Gasteiger partial charge < -0.3 is 9.64 Å². The molecule has 1 saturated heterocycles. The topological polar surface area (TPSA) is 104 Å². The fraction of sp³-hybridized carbons (Fsp3) is 0.667. The highest BCUT2D eigenvalue weighted by Crippen LogP contribution is 2.37. The maximum atomic E-state index is 13.0. The van der Waals surface area contributed by atoms with Gasteiger partial charge in [0.2, 0.25) is 5.91 Å². The van der Waals surface area contributed by atoms with Crippen LogP contribution in [0.25, 0.3) is 0 Å². The molecule has 1 amide bonds. The van der Waals surface area contributed by atoms with E-state index in [-0.39, 0.29) is 35.7 Å². The van der Waals surface area contributed by atoms with Gasteiger partial charge in [0.15, 0.2) is 0 Å². The molecule has 10 nitrogen and oxygen atoms in total. The zero-order valence-electron chi connectivity index (χ0n) is 18.4. The Balaban J connectivity index is 1.52. The first kappa shape index (κ1) is 21.5. The van der Waals surface area contributed by atoms with Crippen LogP contribution in [0.1, 0.15) is 54.7 Å². The predicted molar refractivity (Wildman–Crippen MR) is 113 cm³/mol. The molecule has 168 valence electrons. The Bertz CT molecular complexity index is 1080. The molecule has 3 heterocycles. The standard InChI is InChI=1S/C21H30N6O4/c1-14-15(2)22-13-25(20(14)29)12-18(28)24-8-4-5-16(11-24)19-23-26(9-10-31-3)21(30)27(19)17-6-7-17/h13,16-17H,4-12H2,1-3H3. The van der Waals surface area contributed by atoms with Crippen molar-refractivity contribution in [2.24, 2.45) is 0 Å². The largest absolute Gasteiger partial charge is 0.383 e. The third-order valence-corrected chi connectivity index (χ3v) is 6.28. The minimum Gasteiger partial charge on any atom is -0.383 e. The van der Waals surface area contributed by atoms with Crippen LogP contribution in [-0.2, 0) is 22.6 Å². The molecule has 1 atom stereocenters. The van der Waals surface area contributed by atoms with E-state index < -0.39 is 0 Å². The molecule has 31 heavy (non-hydrogen) atoms. The average Bonchev–Trinajstić information content (AvgIpc) is 3.55. The van der Waals surface area contributed by atoms with Crippen LogP contribution in [0.15, 0.2) is 15.9 Å². The summed E-state index contributed by atoms with van der Waals surface area (Å²) >= 11 is 0. The molecule has 2 fully saturated rings. The maximum Gasteiger partial charge on any atom is 0.346 e. The van der Waals surface area contributed by atoms with Crippen LogP contribution in [-0.4, -0.2) is 61.5 Å². The fourth-order valence-corrected chi connectivity index (χ4v) is 4.16. The number of carbonyl (C=O) groups is 1. The third kappa shape index (κ3) is 4.34. The summed E-state index contributed by atoms with van der Waals surface area (Å²) in [5.41, 5.74) is 0.954. The Labute approximate surface area is 180 Å². The van der Waals surface area contributed by atoms with Gasteiger partial charge in [-0.3, -0.25) is 18.7 Å². The molecule has 1 unspecified atom stereocenters. The molecular weight excluding hydrogens is 400 g/mol. The molecule has 4 rings (SSSR count). The summed E-state index contributed by atoms with van der Waals surface area (Å²) in [6.45, 7) is 5.45. The van der Waals surface area contributed by atoms with Gasteiger partial charge >= 0.3 is 5.69 Å². The van der Waals surface area contributed by atoms with E-state index in [0.717, 1.165) is 31.5 Å². The number of ether oxygens (including phenoxy) is 1. The van der Waals surface area contributed by atoms with Crippen LogP contribution in [0.5, 0.6) is 0 Å². The smallest absolute Gasteiger partial charge is 0.346 e. The van der Waals surface area contributed by atoms with E-state index in [4.69, 9.17) is 4.74 Å². The lowest BCUT2D eigenvalue weighted by atomic mass is 9.97. The van der Waals surface area contributed by atoms with E-state index in [0.29, 0.717) is 37.5 Å². The van der Waals surface area contributed by atoms with Gasteiger partial charge in [0.1, 0.15) is 12.4 Å². The van der Waals surface area contributed by atoms with Crippen molar-refractivity contribution < 1.29 is 9.53 Å². The molecule has 10 heteroatoms. The Kier molecular flexibility index (Phi) is 6.08. The SMILES string of the molecule is COCCn1nc(C2CCCN(C(=O)Cn3cnc(C)c(C)c3=O)C2)n(C2CC2)c1=O. The zero-order chi connectivity index (χ0) is 22.1. The normalized spacial score (nSPS) is 19.1. The second-order valence-electron chi connectivity index (χ2n) is 8.52. The van der Waals surface area contributed by atoms with Gasteiger partial charge in [-0.15, -0.1) is 0 Å². The van der Waals surface area contributed by atoms with Crippen LogP contribution in [0.3, 0.4) is 0 Å². The first-order chi connectivity index (χ1) is 14.9. The van der Waals surface area contributed by atoms with Gasteiger partial charge in [-0.25, -0.2) is 14.5 Å². The number of nitrogens with zero attached hydrogens (tertiary/aromatic N) is 6. The molecule has 2 aromatic rings. The predicted octanol–water partition coefficient (Wildman–Crippen LogP) is 0.606. The molecule has 0 N–H and O–H groups in total. The zero-order valence-corrected chi connectivity index (χ0v) is 18.4. The van der Waals surface area contributed by atoms with Gasteiger partial charge in [0.25, 0.3) is 5.56 Å². The average molecular weight is 431 g/mol. The Morgan fingerprint density at radius 1 is 1.23 bits per heavy atom. The molecule has 2 aliphatic rings. The Hall–Kier alpha value is -2.75. The minimum absolute atomic E-state index is 0.00407. The van der Waals surface area contributed by atoms with Crippen molar-refractivity contribution in [3.8, 4) is 0 Å². The lowest BCUT2D eigenvalue weighted by molar-refractivity contribution is -0.133. The Morgan fingerprint density at radius 2 is 2.00 bits per heavy atom. The summed E-state index contributed by atoms with van der Waals surface area (Å²) in [4.78, 5) is 44.2. The number of hydrogen-bond donors (Lipinski definition) is 0. The summed E-state index contributed by atoms with van der Waals surface area (Å²) in [6, 6.07) is 0.213. The molecule has 0 spiro atoms. The van der Waals surface area contributed by atoms with Gasteiger partial charge in [-0.2, -0.15) is 5.10 Å². The van der Waals surface area contributed by atoms with Crippen molar-refractivity contribution >= 4 is 5.91 Å². The van der Waals surface area contributed by atoms with Gasteiger partial charge in [0.05, 0.1) is 19.5 Å². The van der Waals surface area contributed by atoms with Crippen LogP contribution in [0, 0.1) is 13.8 Å². The maximum absolute atomic E-state index is 13.0. The summed E-state index contributed by atoms with van der Waals surface area (Å²) in [7, 11) is 1.60. The first-order valence-corrected chi connectivity index (χ1v) is 10.9. The van der Waals surface area contributed by atoms with Crippen LogP contribution >= 0.6 is 0 Å². The highest BCUT2D eigenvalue weighted by Gasteiger charge is 2.35. The van der Waals surface area contributed by atoms with Crippen LogP contribution in [0.4, 0.5) is 0 Å². The number of carbonyl (C=O) groups excluding carboxylic acids is 1. The van der Waals surface area contributed by atoms with Crippen molar-refractivity contribution in [1.82, 2.24) is 28.8 Å². The monoisotopic (exact) mass is 430 g/mol. The van der Waals surface area contributed by atoms with Crippen molar-refractivity contribution in [2.45, 2.75) is 64.6 Å². The molecule has 0 aromatic carbocycles. The number of rotatable bonds is 7. The van der Waals surface area contributed by atoms with Crippen molar-refractivity contribution in [2.75, 3.05) is 26.8 Å². The number of amides is 1. The van der Waals surface area contributed by atoms with Gasteiger partial charge in [-0.05, 0) is 39.5 Å². The molecule has 0 radical (unpaired) electrons. The fourth-order valence-electron chi connectivity index (χ4n) is 4.16. The highest BCUT2D eigenvalue weighted by molar-refractivity contribution is 5.76. The van der Waals surface area contributed by atoms with E-state index in [9.17, 15) is 14.4 Å². The summed E-state index contributed by atoms with van der Waals surface area (Å²) in [5, 5.41) is 4.63. The van der Waals surface area contributed by atoms with E-state index in [1.807, 2.05) is 4.57 Å². The van der Waals surface area contributed by atoms with E-state index in [1.54, 1.807) is 25.9 Å². The molecular formula is C21H30N6O4. The van der Waals surface area contributed by atoms with Gasteiger partial charge in [0, 0.05) is 43.4 Å². The third-order valence-electron chi connectivity index (χ3n) is 6.28. The van der Waals surface area contributed by atoms with Crippen molar-refractivity contribution in [1.29, 1.82) is 0 Å². The number of aryl methyl sites for hydroxylation is 1. The molecule has 0 bridgehead atoms. The lowest BCUT2D eigenvalue weighted by Gasteiger charge is -2.32. The quantitative estimate of drug-likeness (QED) is 0.637. The number of hydrogen-bond acceptors (Lipinski definition) is 6. The summed E-state index contributed by atoms with van der Waals surface area (Å²) < 4.78 is 9.79. The van der Waals surface area contributed by atoms with Crippen molar-refractivity contribution in [3.63, 3.8) is 0 Å². The molecule has 1 aliphatic carbocycles. The highest BCUT2D eigenvalue weighted by atomic mass is 16.5.